The summed E-state index contributed by atoms with van der Waals surface area (Å²) in [5, 5.41) is 5.80. The molecule has 23 heavy (non-hydrogen) atoms. The van der Waals surface area contributed by atoms with E-state index in [9.17, 15) is 4.79 Å². The van der Waals surface area contributed by atoms with Crippen molar-refractivity contribution in [2.24, 2.45) is 5.92 Å². The molecule has 1 saturated heterocycles. The summed E-state index contributed by atoms with van der Waals surface area (Å²) in [6, 6.07) is 8.61. The van der Waals surface area contributed by atoms with E-state index in [0.717, 1.165) is 43.6 Å². The van der Waals surface area contributed by atoms with Crippen LogP contribution in [-0.4, -0.2) is 36.7 Å². The van der Waals surface area contributed by atoms with E-state index in [1.165, 1.54) is 0 Å². The molecule has 124 valence electrons. The lowest BCUT2D eigenvalue weighted by Crippen LogP contribution is -2.43. The molecule has 1 aromatic carbocycles. The quantitative estimate of drug-likeness (QED) is 0.910. The molecular formula is C17H24N4O2. The number of nitrogens with one attached hydrogen (secondary N) is 2. The van der Waals surface area contributed by atoms with Gasteiger partial charge >= 0.3 is 6.03 Å². The number of amides is 2. The van der Waals surface area contributed by atoms with Crippen LogP contribution in [0.3, 0.4) is 0 Å². The number of urea groups is 1. The third kappa shape index (κ3) is 3.94. The summed E-state index contributed by atoms with van der Waals surface area (Å²) in [6.45, 7) is 6.45. The molecule has 2 aromatic rings. The van der Waals surface area contributed by atoms with E-state index in [1.807, 2.05) is 38.1 Å². The average Bonchev–Trinajstić information content (AvgIpc) is 2.97. The van der Waals surface area contributed by atoms with E-state index in [1.54, 1.807) is 0 Å². The van der Waals surface area contributed by atoms with Crippen LogP contribution in [-0.2, 0) is 0 Å². The fraction of sp³-hybridized carbons (Fsp3) is 0.529. The molecule has 0 radical (unpaired) electrons. The summed E-state index contributed by atoms with van der Waals surface area (Å²) < 4.78 is 5.82. The zero-order chi connectivity index (χ0) is 16.2. The van der Waals surface area contributed by atoms with Crippen molar-refractivity contribution in [3.8, 4) is 0 Å². The Morgan fingerprint density at radius 2 is 2.09 bits per heavy atom. The predicted molar refractivity (Wildman–Crippen MR) is 90.6 cm³/mol. The lowest BCUT2D eigenvalue weighted by molar-refractivity contribution is 0.235. The van der Waals surface area contributed by atoms with E-state index in [2.05, 4.69) is 20.5 Å². The van der Waals surface area contributed by atoms with Gasteiger partial charge in [0.25, 0.3) is 6.01 Å². The molecule has 3 rings (SSSR count). The van der Waals surface area contributed by atoms with Crippen molar-refractivity contribution >= 4 is 23.1 Å². The van der Waals surface area contributed by atoms with Gasteiger partial charge < -0.3 is 20.0 Å². The SMILES string of the molecule is CC(C)NC(=O)NCC1CCN(c2nc3ccccc3o2)CC1. The second-order valence-electron chi connectivity index (χ2n) is 6.40. The van der Waals surface area contributed by atoms with Crippen molar-refractivity contribution in [3.63, 3.8) is 0 Å². The Labute approximate surface area is 136 Å². The lowest BCUT2D eigenvalue weighted by atomic mass is 9.97. The summed E-state index contributed by atoms with van der Waals surface area (Å²) in [5.74, 6) is 0.508. The summed E-state index contributed by atoms with van der Waals surface area (Å²) in [5.41, 5.74) is 1.73. The van der Waals surface area contributed by atoms with Gasteiger partial charge in [-0.3, -0.25) is 0 Å². The summed E-state index contributed by atoms with van der Waals surface area (Å²) in [6.07, 6.45) is 2.06. The maximum atomic E-state index is 11.6. The predicted octanol–water partition coefficient (Wildman–Crippen LogP) is 2.75. The molecule has 1 aromatic heterocycles. The Morgan fingerprint density at radius 3 is 2.78 bits per heavy atom. The Hall–Kier alpha value is -2.24. The van der Waals surface area contributed by atoms with E-state index in [-0.39, 0.29) is 12.1 Å². The number of rotatable bonds is 4. The maximum absolute atomic E-state index is 11.6. The van der Waals surface area contributed by atoms with Gasteiger partial charge in [-0.05, 0) is 44.7 Å². The molecular weight excluding hydrogens is 292 g/mol. The molecule has 0 aliphatic carbocycles. The van der Waals surface area contributed by atoms with Gasteiger partial charge in [-0.2, -0.15) is 4.98 Å². The van der Waals surface area contributed by atoms with Crippen LogP contribution < -0.4 is 15.5 Å². The number of carbonyl (C=O) groups is 1. The van der Waals surface area contributed by atoms with Crippen molar-refractivity contribution in [2.75, 3.05) is 24.5 Å². The number of fused-ring (bicyclic) bond motifs is 1. The van der Waals surface area contributed by atoms with Crippen LogP contribution in [0, 0.1) is 5.92 Å². The minimum atomic E-state index is -0.0821. The fourth-order valence-electron chi connectivity index (χ4n) is 2.87. The molecule has 2 amide bonds. The zero-order valence-corrected chi connectivity index (χ0v) is 13.7. The largest absolute Gasteiger partial charge is 0.423 e. The van der Waals surface area contributed by atoms with Crippen LogP contribution >= 0.6 is 0 Å². The normalized spacial score (nSPS) is 16.0. The molecule has 0 saturated carbocycles. The van der Waals surface area contributed by atoms with E-state index < -0.39 is 0 Å². The third-order valence-corrected chi connectivity index (χ3v) is 4.14. The molecule has 2 N–H and O–H groups in total. The van der Waals surface area contributed by atoms with Crippen molar-refractivity contribution in [1.29, 1.82) is 0 Å². The highest BCUT2D eigenvalue weighted by atomic mass is 16.4. The monoisotopic (exact) mass is 316 g/mol. The number of anilines is 1. The first-order valence-corrected chi connectivity index (χ1v) is 8.26. The third-order valence-electron chi connectivity index (χ3n) is 4.14. The van der Waals surface area contributed by atoms with E-state index >= 15 is 0 Å². The summed E-state index contributed by atoms with van der Waals surface area (Å²) >= 11 is 0. The van der Waals surface area contributed by atoms with Crippen LogP contribution in [0.4, 0.5) is 10.8 Å². The van der Waals surface area contributed by atoms with Crippen molar-refractivity contribution in [2.45, 2.75) is 32.7 Å². The van der Waals surface area contributed by atoms with Crippen LogP contribution in [0.5, 0.6) is 0 Å². The van der Waals surface area contributed by atoms with Gasteiger partial charge in [0, 0.05) is 25.7 Å². The summed E-state index contributed by atoms with van der Waals surface area (Å²) in [7, 11) is 0. The fourth-order valence-corrected chi connectivity index (χ4v) is 2.87. The Morgan fingerprint density at radius 1 is 1.35 bits per heavy atom. The number of piperidine rings is 1. The Kier molecular flexibility index (Phi) is 4.69. The molecule has 1 aliphatic rings. The number of benzene rings is 1. The number of aromatic nitrogens is 1. The first kappa shape index (κ1) is 15.6. The van der Waals surface area contributed by atoms with Gasteiger partial charge in [0.1, 0.15) is 5.52 Å². The molecule has 1 aliphatic heterocycles. The maximum Gasteiger partial charge on any atom is 0.314 e. The molecule has 6 heteroatoms. The van der Waals surface area contributed by atoms with Gasteiger partial charge in [-0.25, -0.2) is 4.79 Å². The van der Waals surface area contributed by atoms with E-state index in [0.29, 0.717) is 11.9 Å². The molecule has 2 heterocycles. The Bertz CT molecular complexity index is 626. The van der Waals surface area contributed by atoms with Crippen molar-refractivity contribution in [3.05, 3.63) is 24.3 Å². The number of hydrogen-bond donors (Lipinski definition) is 2. The second kappa shape index (κ2) is 6.89. The van der Waals surface area contributed by atoms with Crippen LogP contribution in [0.15, 0.2) is 28.7 Å². The van der Waals surface area contributed by atoms with Gasteiger partial charge in [0.2, 0.25) is 0 Å². The molecule has 1 fully saturated rings. The molecule has 0 atom stereocenters. The number of para-hydroxylation sites is 2. The standard InChI is InChI=1S/C17H24N4O2/c1-12(2)19-16(22)18-11-13-7-9-21(10-8-13)17-20-14-5-3-4-6-15(14)23-17/h3-6,12-13H,7-11H2,1-2H3,(H2,18,19,22). The molecule has 0 spiro atoms. The lowest BCUT2D eigenvalue weighted by Gasteiger charge is -2.30. The number of hydrogen-bond acceptors (Lipinski definition) is 4. The van der Waals surface area contributed by atoms with Crippen LogP contribution in [0.2, 0.25) is 0 Å². The smallest absolute Gasteiger partial charge is 0.314 e. The average molecular weight is 316 g/mol. The van der Waals surface area contributed by atoms with E-state index in [4.69, 9.17) is 4.42 Å². The number of nitrogens with zero attached hydrogens (tertiary/aromatic N) is 2. The second-order valence-corrected chi connectivity index (χ2v) is 6.40. The highest BCUT2D eigenvalue weighted by Crippen LogP contribution is 2.25. The number of carbonyl (C=O) groups excluding carboxylic acids is 1. The minimum Gasteiger partial charge on any atom is -0.423 e. The summed E-state index contributed by atoms with van der Waals surface area (Å²) in [4.78, 5) is 18.4. The topological polar surface area (TPSA) is 70.4 Å². The van der Waals surface area contributed by atoms with Crippen molar-refractivity contribution < 1.29 is 9.21 Å². The highest BCUT2D eigenvalue weighted by molar-refractivity contribution is 5.74. The first-order valence-electron chi connectivity index (χ1n) is 8.26. The molecule has 6 nitrogen and oxygen atoms in total. The van der Waals surface area contributed by atoms with Gasteiger partial charge in [0.15, 0.2) is 5.58 Å². The van der Waals surface area contributed by atoms with Crippen molar-refractivity contribution in [1.82, 2.24) is 15.6 Å². The Balaban J connectivity index is 1.49. The minimum absolute atomic E-state index is 0.0821. The van der Waals surface area contributed by atoms with Gasteiger partial charge in [0.05, 0.1) is 0 Å². The molecule has 0 unspecified atom stereocenters. The first-order chi connectivity index (χ1) is 11.1. The number of oxazole rings is 1. The van der Waals surface area contributed by atoms with Gasteiger partial charge in [-0.1, -0.05) is 12.1 Å². The van der Waals surface area contributed by atoms with Crippen LogP contribution in [0.25, 0.3) is 11.1 Å². The zero-order valence-electron chi connectivity index (χ0n) is 13.7. The van der Waals surface area contributed by atoms with Crippen LogP contribution in [0.1, 0.15) is 26.7 Å². The molecule has 0 bridgehead atoms. The highest BCUT2D eigenvalue weighted by Gasteiger charge is 2.23. The van der Waals surface area contributed by atoms with Gasteiger partial charge in [-0.15, -0.1) is 0 Å².